The maximum Gasteiger partial charge on any atom is 0.237 e. The van der Waals surface area contributed by atoms with Crippen LogP contribution in [0.5, 0.6) is 0 Å². The lowest BCUT2D eigenvalue weighted by molar-refractivity contribution is -0.115. The van der Waals surface area contributed by atoms with Crippen molar-refractivity contribution in [3.63, 3.8) is 0 Å². The number of nitrogens with one attached hydrogen (secondary N) is 1. The quantitative estimate of drug-likeness (QED) is 0.461. The number of anilines is 1. The highest BCUT2D eigenvalue weighted by molar-refractivity contribution is 8.00. The van der Waals surface area contributed by atoms with Crippen LogP contribution in [0, 0.1) is 0 Å². The van der Waals surface area contributed by atoms with Crippen molar-refractivity contribution in [2.75, 3.05) is 5.32 Å². The van der Waals surface area contributed by atoms with E-state index in [1.54, 1.807) is 17.7 Å². The molecule has 1 N–H and O–H groups in total. The van der Waals surface area contributed by atoms with Gasteiger partial charge in [0.1, 0.15) is 16.2 Å². The summed E-state index contributed by atoms with van der Waals surface area (Å²) in [6.45, 7) is 6.22. The zero-order valence-electron chi connectivity index (χ0n) is 15.8. The first kappa shape index (κ1) is 18.4. The highest BCUT2D eigenvalue weighted by Gasteiger charge is 2.24. The summed E-state index contributed by atoms with van der Waals surface area (Å²) >= 11 is 3.31. The number of para-hydroxylation sites is 1. The smallest absolute Gasteiger partial charge is 0.237 e. The molecule has 0 aliphatic heterocycles. The lowest BCUT2D eigenvalue weighted by Crippen LogP contribution is -2.23. The predicted octanol–water partition coefficient (Wildman–Crippen LogP) is 5.42. The summed E-state index contributed by atoms with van der Waals surface area (Å²) in [7, 11) is 0. The third-order valence-electron chi connectivity index (χ3n) is 4.96. The number of aromatic nitrogens is 2. The number of amides is 1. The molecule has 0 fully saturated rings. The van der Waals surface area contributed by atoms with Crippen LogP contribution in [0.2, 0.25) is 0 Å². The Labute approximate surface area is 167 Å². The van der Waals surface area contributed by atoms with Gasteiger partial charge in [-0.3, -0.25) is 4.79 Å². The molecular weight excluding hydrogens is 374 g/mol. The van der Waals surface area contributed by atoms with Crippen molar-refractivity contribution in [1.29, 1.82) is 0 Å². The molecule has 1 aliphatic rings. The summed E-state index contributed by atoms with van der Waals surface area (Å²) in [5.41, 5.74) is 3.45. The first-order chi connectivity index (χ1) is 13.0. The second-order valence-corrected chi connectivity index (χ2v) is 9.62. The van der Waals surface area contributed by atoms with Crippen LogP contribution in [0.3, 0.4) is 0 Å². The Morgan fingerprint density at radius 2 is 2.00 bits per heavy atom. The van der Waals surface area contributed by atoms with Gasteiger partial charge in [-0.1, -0.05) is 43.8 Å². The van der Waals surface area contributed by atoms with Crippen LogP contribution in [-0.2, 0) is 17.6 Å². The number of hydrogen-bond donors (Lipinski definition) is 1. The van der Waals surface area contributed by atoms with E-state index in [-0.39, 0.29) is 11.2 Å². The summed E-state index contributed by atoms with van der Waals surface area (Å²) < 4.78 is 0. The molecule has 0 bridgehead atoms. The molecular formula is C21H23N3OS2. The van der Waals surface area contributed by atoms with Gasteiger partial charge in [-0.05, 0) is 49.3 Å². The highest BCUT2D eigenvalue weighted by Crippen LogP contribution is 2.41. The van der Waals surface area contributed by atoms with Crippen LogP contribution in [0.4, 0.5) is 5.69 Å². The van der Waals surface area contributed by atoms with Crippen LogP contribution in [-0.4, -0.2) is 21.1 Å². The van der Waals surface area contributed by atoms with Crippen LogP contribution in [0.25, 0.3) is 10.2 Å². The minimum atomic E-state index is -0.236. The SMILES string of the molecule is CC(C)c1ccccc1NC(=O)[C@H](C)Sc1ncnc2sc3c(c12)CCC3. The predicted molar refractivity (Wildman–Crippen MR) is 114 cm³/mol. The van der Waals surface area contributed by atoms with Gasteiger partial charge >= 0.3 is 0 Å². The van der Waals surface area contributed by atoms with E-state index in [4.69, 9.17) is 0 Å². The summed E-state index contributed by atoms with van der Waals surface area (Å²) in [5.74, 6) is 0.367. The van der Waals surface area contributed by atoms with Crippen LogP contribution in [0.1, 0.15) is 49.1 Å². The first-order valence-corrected chi connectivity index (χ1v) is 11.1. The Morgan fingerprint density at radius 3 is 2.81 bits per heavy atom. The molecule has 0 saturated heterocycles. The van der Waals surface area contributed by atoms with Gasteiger partial charge in [-0.25, -0.2) is 9.97 Å². The van der Waals surface area contributed by atoms with Crippen LogP contribution in [0.15, 0.2) is 35.6 Å². The topological polar surface area (TPSA) is 54.9 Å². The molecule has 4 nitrogen and oxygen atoms in total. The standard InChI is InChI=1S/C21H23N3OS2/c1-12(2)14-7-4-5-9-16(14)24-19(25)13(3)26-20-18-15-8-6-10-17(15)27-21(18)23-11-22-20/h4-5,7,9,11-13H,6,8,10H2,1-3H3,(H,24,25)/t13-/m0/s1. The molecule has 0 radical (unpaired) electrons. The Hall–Kier alpha value is -1.92. The van der Waals surface area contributed by atoms with Gasteiger partial charge in [-0.15, -0.1) is 11.3 Å². The third-order valence-corrected chi connectivity index (χ3v) is 7.27. The molecule has 27 heavy (non-hydrogen) atoms. The van der Waals surface area contributed by atoms with E-state index >= 15 is 0 Å². The van der Waals surface area contributed by atoms with E-state index in [2.05, 4.69) is 35.2 Å². The summed E-state index contributed by atoms with van der Waals surface area (Å²) in [4.78, 5) is 24.3. The van der Waals surface area contributed by atoms with Gasteiger partial charge in [0.15, 0.2) is 0 Å². The minimum Gasteiger partial charge on any atom is -0.325 e. The molecule has 1 amide bonds. The molecule has 1 atom stereocenters. The monoisotopic (exact) mass is 397 g/mol. The van der Waals surface area contributed by atoms with Crippen LogP contribution >= 0.6 is 23.1 Å². The lowest BCUT2D eigenvalue weighted by Gasteiger charge is -2.16. The second kappa shape index (κ2) is 7.60. The van der Waals surface area contributed by atoms with E-state index < -0.39 is 0 Å². The summed E-state index contributed by atoms with van der Waals surface area (Å²) in [6, 6.07) is 8.01. The lowest BCUT2D eigenvalue weighted by atomic mass is 10.0. The number of carbonyl (C=O) groups excluding carboxylic acids is 1. The summed E-state index contributed by atoms with van der Waals surface area (Å²) in [5, 5.41) is 4.97. The first-order valence-electron chi connectivity index (χ1n) is 9.36. The van der Waals surface area contributed by atoms with Crippen molar-refractivity contribution < 1.29 is 4.79 Å². The summed E-state index contributed by atoms with van der Waals surface area (Å²) in [6.07, 6.45) is 5.06. The third kappa shape index (κ3) is 3.60. The fourth-order valence-corrected chi connectivity index (χ4v) is 5.80. The highest BCUT2D eigenvalue weighted by atomic mass is 32.2. The Morgan fingerprint density at radius 1 is 1.19 bits per heavy atom. The minimum absolute atomic E-state index is 0.00624. The number of benzene rings is 1. The van der Waals surface area contributed by atoms with Gasteiger partial charge in [-0.2, -0.15) is 0 Å². The number of nitrogens with zero attached hydrogens (tertiary/aromatic N) is 2. The van der Waals surface area contributed by atoms with Crippen molar-refractivity contribution >= 4 is 44.9 Å². The van der Waals surface area contributed by atoms with Gasteiger partial charge in [0.25, 0.3) is 0 Å². The normalized spacial score (nSPS) is 14.5. The molecule has 4 rings (SSSR count). The number of thioether (sulfide) groups is 1. The fourth-order valence-electron chi connectivity index (χ4n) is 3.56. The van der Waals surface area contributed by atoms with Crippen molar-refractivity contribution in [1.82, 2.24) is 9.97 Å². The number of rotatable bonds is 5. The van der Waals surface area contributed by atoms with E-state index in [9.17, 15) is 4.79 Å². The molecule has 140 valence electrons. The molecule has 6 heteroatoms. The van der Waals surface area contributed by atoms with E-state index in [0.29, 0.717) is 5.92 Å². The van der Waals surface area contributed by atoms with Crippen molar-refractivity contribution in [3.05, 3.63) is 46.6 Å². The number of thiophene rings is 1. The molecule has 0 saturated carbocycles. The molecule has 2 heterocycles. The molecule has 1 aromatic carbocycles. The van der Waals surface area contributed by atoms with Gasteiger partial charge < -0.3 is 5.32 Å². The molecule has 1 aliphatic carbocycles. The largest absolute Gasteiger partial charge is 0.325 e. The fraction of sp³-hybridized carbons (Fsp3) is 0.381. The molecule has 2 aromatic heterocycles. The van der Waals surface area contributed by atoms with Crippen LogP contribution < -0.4 is 5.32 Å². The second-order valence-electron chi connectivity index (χ2n) is 7.21. The molecule has 0 spiro atoms. The average molecular weight is 398 g/mol. The van der Waals surface area contributed by atoms with Crippen molar-refractivity contribution in [2.24, 2.45) is 0 Å². The van der Waals surface area contributed by atoms with Crippen molar-refractivity contribution in [3.8, 4) is 0 Å². The maximum atomic E-state index is 12.8. The van der Waals surface area contributed by atoms with Gasteiger partial charge in [0, 0.05) is 16.0 Å². The average Bonchev–Trinajstić information content (AvgIpc) is 3.23. The number of carbonyl (C=O) groups is 1. The number of aryl methyl sites for hydroxylation is 2. The van der Waals surface area contributed by atoms with E-state index in [0.717, 1.165) is 33.9 Å². The van der Waals surface area contributed by atoms with Gasteiger partial charge in [0.05, 0.1) is 5.25 Å². The zero-order chi connectivity index (χ0) is 19.0. The Bertz CT molecular complexity index is 996. The number of fused-ring (bicyclic) bond motifs is 3. The zero-order valence-corrected chi connectivity index (χ0v) is 17.4. The molecule has 3 aromatic rings. The number of hydrogen-bond acceptors (Lipinski definition) is 5. The van der Waals surface area contributed by atoms with E-state index in [1.807, 2.05) is 25.1 Å². The Balaban J connectivity index is 1.55. The van der Waals surface area contributed by atoms with Crippen molar-refractivity contribution in [2.45, 2.75) is 56.2 Å². The Kier molecular flexibility index (Phi) is 5.19. The molecule has 0 unspecified atom stereocenters. The van der Waals surface area contributed by atoms with E-state index in [1.165, 1.54) is 34.0 Å². The maximum absolute atomic E-state index is 12.8. The van der Waals surface area contributed by atoms with Gasteiger partial charge in [0.2, 0.25) is 5.91 Å².